The lowest BCUT2D eigenvalue weighted by atomic mass is 10.2. The molecule has 2 N–H and O–H groups in total. The Bertz CT molecular complexity index is 405. The third-order valence-corrected chi connectivity index (χ3v) is 5.32. The first-order chi connectivity index (χ1) is 8.51. The molecule has 8 heteroatoms. The number of ether oxygens (including phenoxy) is 1. The Hall–Kier alpha value is -0.700. The topological polar surface area (TPSA) is 92.9 Å². The molecule has 1 amide bonds. The van der Waals surface area contributed by atoms with Crippen LogP contribution in [0.3, 0.4) is 0 Å². The Labute approximate surface area is 107 Å². The maximum atomic E-state index is 12.4. The molecule has 18 heavy (non-hydrogen) atoms. The third-order valence-electron chi connectivity index (χ3n) is 3.31. The second-order valence-corrected chi connectivity index (χ2v) is 6.52. The van der Waals surface area contributed by atoms with Crippen LogP contribution in [0.4, 0.5) is 0 Å². The first-order valence-corrected chi connectivity index (χ1v) is 7.57. The molecular formula is C10H19N3O4S. The number of hydrogen-bond acceptors (Lipinski definition) is 4. The largest absolute Gasteiger partial charge is 0.367 e. The van der Waals surface area contributed by atoms with Gasteiger partial charge in [0.1, 0.15) is 6.10 Å². The molecule has 0 aromatic heterocycles. The van der Waals surface area contributed by atoms with Crippen molar-refractivity contribution in [2.45, 2.75) is 25.4 Å². The van der Waals surface area contributed by atoms with Crippen LogP contribution >= 0.6 is 0 Å². The van der Waals surface area contributed by atoms with Crippen molar-refractivity contribution in [3.8, 4) is 0 Å². The Morgan fingerprint density at radius 2 is 1.78 bits per heavy atom. The molecule has 0 unspecified atom stereocenters. The SMILES string of the molecule is NC(=O)[C@H]1CN(S(=O)(=O)N2CCCCC2)CCO1. The molecule has 1 atom stereocenters. The Balaban J connectivity index is 2.06. The van der Waals surface area contributed by atoms with Crippen molar-refractivity contribution in [3.05, 3.63) is 0 Å². The molecule has 0 saturated carbocycles. The number of amides is 1. The highest BCUT2D eigenvalue weighted by molar-refractivity contribution is 7.86. The lowest BCUT2D eigenvalue weighted by molar-refractivity contribution is -0.132. The molecule has 0 radical (unpaired) electrons. The lowest BCUT2D eigenvalue weighted by Crippen LogP contribution is -2.54. The summed E-state index contributed by atoms with van der Waals surface area (Å²) in [6.45, 7) is 1.62. The summed E-state index contributed by atoms with van der Waals surface area (Å²) in [5.41, 5.74) is 5.15. The average Bonchev–Trinajstić information content (AvgIpc) is 2.40. The number of piperidine rings is 1. The summed E-state index contributed by atoms with van der Waals surface area (Å²) in [7, 11) is -3.47. The van der Waals surface area contributed by atoms with Crippen LogP contribution in [0.25, 0.3) is 0 Å². The molecular weight excluding hydrogens is 258 g/mol. The predicted octanol–water partition coefficient (Wildman–Crippen LogP) is -1.10. The zero-order valence-electron chi connectivity index (χ0n) is 10.2. The molecule has 0 bridgehead atoms. The van der Waals surface area contributed by atoms with Gasteiger partial charge in [-0.15, -0.1) is 0 Å². The summed E-state index contributed by atoms with van der Waals surface area (Å²) in [5.74, 6) is -0.617. The van der Waals surface area contributed by atoms with Crippen LogP contribution in [0, 0.1) is 0 Å². The quantitative estimate of drug-likeness (QED) is 0.709. The van der Waals surface area contributed by atoms with E-state index in [1.54, 1.807) is 0 Å². The molecule has 2 fully saturated rings. The van der Waals surface area contributed by atoms with E-state index in [0.717, 1.165) is 19.3 Å². The van der Waals surface area contributed by atoms with Gasteiger partial charge in [-0.2, -0.15) is 17.0 Å². The minimum atomic E-state index is -3.47. The number of nitrogens with two attached hydrogens (primary N) is 1. The van der Waals surface area contributed by atoms with Crippen molar-refractivity contribution in [1.29, 1.82) is 0 Å². The van der Waals surface area contributed by atoms with Crippen molar-refractivity contribution in [1.82, 2.24) is 8.61 Å². The zero-order chi connectivity index (χ0) is 13.2. The van der Waals surface area contributed by atoms with E-state index in [1.807, 2.05) is 0 Å². The number of nitrogens with zero attached hydrogens (tertiary/aromatic N) is 2. The summed E-state index contributed by atoms with van der Waals surface area (Å²) in [5, 5.41) is 0. The molecule has 0 spiro atoms. The molecule has 0 aromatic carbocycles. The van der Waals surface area contributed by atoms with Crippen LogP contribution in [0.1, 0.15) is 19.3 Å². The van der Waals surface area contributed by atoms with Crippen LogP contribution in [-0.2, 0) is 19.7 Å². The summed E-state index contributed by atoms with van der Waals surface area (Å²) >= 11 is 0. The lowest BCUT2D eigenvalue weighted by Gasteiger charge is -2.35. The molecule has 7 nitrogen and oxygen atoms in total. The smallest absolute Gasteiger partial charge is 0.282 e. The van der Waals surface area contributed by atoms with Crippen molar-refractivity contribution in [3.63, 3.8) is 0 Å². The zero-order valence-corrected chi connectivity index (χ0v) is 11.1. The summed E-state index contributed by atoms with van der Waals surface area (Å²) in [6.07, 6.45) is 2.02. The van der Waals surface area contributed by atoms with E-state index in [2.05, 4.69) is 0 Å². The molecule has 2 rings (SSSR count). The second-order valence-electron chi connectivity index (χ2n) is 4.59. The fourth-order valence-electron chi connectivity index (χ4n) is 2.27. The highest BCUT2D eigenvalue weighted by Gasteiger charge is 2.36. The van der Waals surface area contributed by atoms with Gasteiger partial charge in [-0.25, -0.2) is 0 Å². The van der Waals surface area contributed by atoms with Crippen LogP contribution in [0.2, 0.25) is 0 Å². The number of carbonyl (C=O) groups excluding carboxylic acids is 1. The van der Waals surface area contributed by atoms with E-state index >= 15 is 0 Å². The van der Waals surface area contributed by atoms with E-state index in [1.165, 1.54) is 8.61 Å². The number of morpholine rings is 1. The van der Waals surface area contributed by atoms with Gasteiger partial charge in [0.15, 0.2) is 0 Å². The van der Waals surface area contributed by atoms with Gasteiger partial charge in [0.2, 0.25) is 5.91 Å². The minimum absolute atomic E-state index is 0.0220. The van der Waals surface area contributed by atoms with Gasteiger partial charge in [-0.3, -0.25) is 4.79 Å². The molecule has 104 valence electrons. The summed E-state index contributed by atoms with van der Waals surface area (Å²) in [6, 6.07) is 0. The number of hydrogen-bond donors (Lipinski definition) is 1. The minimum Gasteiger partial charge on any atom is -0.367 e. The average molecular weight is 277 g/mol. The molecule has 2 aliphatic rings. The highest BCUT2D eigenvalue weighted by Crippen LogP contribution is 2.18. The third kappa shape index (κ3) is 2.82. The van der Waals surface area contributed by atoms with E-state index in [-0.39, 0.29) is 19.7 Å². The molecule has 0 aromatic rings. The van der Waals surface area contributed by atoms with Crippen LogP contribution < -0.4 is 5.73 Å². The molecule has 2 heterocycles. The Kier molecular flexibility index (Phi) is 4.21. The van der Waals surface area contributed by atoms with Crippen LogP contribution in [0.5, 0.6) is 0 Å². The maximum absolute atomic E-state index is 12.4. The maximum Gasteiger partial charge on any atom is 0.282 e. The van der Waals surface area contributed by atoms with Gasteiger partial charge in [-0.1, -0.05) is 6.42 Å². The predicted molar refractivity (Wildman–Crippen MR) is 64.9 cm³/mol. The van der Waals surface area contributed by atoms with Crippen molar-refractivity contribution < 1.29 is 17.9 Å². The fraction of sp³-hybridized carbons (Fsp3) is 0.900. The first kappa shape index (κ1) is 13.7. The number of primary amides is 1. The first-order valence-electron chi connectivity index (χ1n) is 6.18. The van der Waals surface area contributed by atoms with E-state index in [9.17, 15) is 13.2 Å². The van der Waals surface area contributed by atoms with Gasteiger partial charge in [0.25, 0.3) is 10.2 Å². The molecule has 2 aliphatic heterocycles. The summed E-state index contributed by atoms with van der Waals surface area (Å²) in [4.78, 5) is 11.1. The normalized spacial score (nSPS) is 28.1. The molecule has 0 aliphatic carbocycles. The number of carbonyl (C=O) groups is 1. The van der Waals surface area contributed by atoms with Gasteiger partial charge in [0.05, 0.1) is 13.2 Å². The standard InChI is InChI=1S/C10H19N3O4S/c11-10(14)9-8-13(6-7-17-9)18(15,16)12-4-2-1-3-5-12/h9H,1-8H2,(H2,11,14)/t9-/m1/s1. The van der Waals surface area contributed by atoms with Crippen molar-refractivity contribution >= 4 is 16.1 Å². The van der Waals surface area contributed by atoms with Gasteiger partial charge >= 0.3 is 0 Å². The monoisotopic (exact) mass is 277 g/mol. The fourth-order valence-corrected chi connectivity index (χ4v) is 3.94. The highest BCUT2D eigenvalue weighted by atomic mass is 32.2. The summed E-state index contributed by atoms with van der Waals surface area (Å²) < 4.78 is 32.6. The van der Waals surface area contributed by atoms with Gasteiger partial charge < -0.3 is 10.5 Å². The van der Waals surface area contributed by atoms with E-state index in [0.29, 0.717) is 13.1 Å². The molecule has 2 saturated heterocycles. The van der Waals surface area contributed by atoms with E-state index in [4.69, 9.17) is 10.5 Å². The van der Waals surface area contributed by atoms with Crippen molar-refractivity contribution in [2.24, 2.45) is 5.73 Å². The van der Waals surface area contributed by atoms with E-state index < -0.39 is 22.2 Å². The number of rotatable bonds is 3. The Morgan fingerprint density at radius 1 is 1.11 bits per heavy atom. The van der Waals surface area contributed by atoms with Crippen LogP contribution in [0.15, 0.2) is 0 Å². The Morgan fingerprint density at radius 3 is 2.39 bits per heavy atom. The van der Waals surface area contributed by atoms with Crippen molar-refractivity contribution in [2.75, 3.05) is 32.8 Å². The van der Waals surface area contributed by atoms with Gasteiger partial charge in [-0.05, 0) is 12.8 Å². The second kappa shape index (κ2) is 5.52. The van der Waals surface area contributed by atoms with Gasteiger partial charge in [0, 0.05) is 19.6 Å². The van der Waals surface area contributed by atoms with Crippen LogP contribution in [-0.4, -0.2) is 61.8 Å².